The summed E-state index contributed by atoms with van der Waals surface area (Å²) in [5.74, 6) is 0.636. The van der Waals surface area contributed by atoms with Gasteiger partial charge < -0.3 is 14.5 Å². The third kappa shape index (κ3) is 3.65. The van der Waals surface area contributed by atoms with Crippen molar-refractivity contribution in [2.45, 2.75) is 6.92 Å². The molecular formula is C19H21ClN2O2. The first kappa shape index (κ1) is 16.7. The predicted molar refractivity (Wildman–Crippen MR) is 97.2 cm³/mol. The summed E-state index contributed by atoms with van der Waals surface area (Å²) in [6.07, 6.45) is 0. The fourth-order valence-corrected chi connectivity index (χ4v) is 3.13. The summed E-state index contributed by atoms with van der Waals surface area (Å²) < 4.78 is 5.42. The van der Waals surface area contributed by atoms with Crippen LogP contribution in [0.4, 0.5) is 5.69 Å². The fraction of sp³-hybridized carbons (Fsp3) is 0.316. The highest BCUT2D eigenvalue weighted by molar-refractivity contribution is 6.32. The molecule has 0 unspecified atom stereocenters. The Bertz CT molecular complexity index is 698. The maximum Gasteiger partial charge on any atom is 0.254 e. The van der Waals surface area contributed by atoms with Gasteiger partial charge in [0.25, 0.3) is 5.91 Å². The van der Waals surface area contributed by atoms with E-state index in [0.29, 0.717) is 36.0 Å². The molecule has 1 fully saturated rings. The van der Waals surface area contributed by atoms with Crippen molar-refractivity contribution in [3.8, 4) is 5.75 Å². The molecule has 0 bridgehead atoms. The molecule has 2 aromatic rings. The van der Waals surface area contributed by atoms with E-state index < -0.39 is 0 Å². The number of halogens is 1. The Labute approximate surface area is 147 Å². The highest BCUT2D eigenvalue weighted by atomic mass is 35.5. The molecule has 5 heteroatoms. The van der Waals surface area contributed by atoms with Crippen molar-refractivity contribution in [1.82, 2.24) is 4.90 Å². The molecule has 0 radical (unpaired) electrons. The van der Waals surface area contributed by atoms with Crippen molar-refractivity contribution in [3.05, 3.63) is 59.1 Å². The minimum absolute atomic E-state index is 0.0210. The van der Waals surface area contributed by atoms with Gasteiger partial charge in [-0.1, -0.05) is 29.8 Å². The number of benzene rings is 2. The number of rotatable bonds is 4. The number of carbonyl (C=O) groups excluding carboxylic acids is 1. The summed E-state index contributed by atoms with van der Waals surface area (Å²) in [5, 5.41) is 0.477. The van der Waals surface area contributed by atoms with Crippen LogP contribution in [-0.2, 0) is 0 Å². The van der Waals surface area contributed by atoms with Crippen LogP contribution in [0, 0.1) is 0 Å². The van der Waals surface area contributed by atoms with Crippen LogP contribution in [0.25, 0.3) is 0 Å². The van der Waals surface area contributed by atoms with Crippen molar-refractivity contribution in [2.24, 2.45) is 0 Å². The Kier molecular flexibility index (Phi) is 5.26. The lowest BCUT2D eigenvalue weighted by atomic mass is 10.1. The predicted octanol–water partition coefficient (Wildman–Crippen LogP) is 3.70. The number of anilines is 1. The topological polar surface area (TPSA) is 32.8 Å². The average molecular weight is 345 g/mol. The number of hydrogen-bond donors (Lipinski definition) is 0. The standard InChI is InChI=1S/C19H21ClN2O2/c1-2-24-18-9-8-15(14-17(18)20)19(23)22-12-10-21(11-13-22)16-6-4-3-5-7-16/h3-9,14H,2,10-13H2,1H3. The number of carbonyl (C=O) groups is 1. The molecule has 2 aromatic carbocycles. The summed E-state index contributed by atoms with van der Waals surface area (Å²) >= 11 is 6.19. The number of amides is 1. The quantitative estimate of drug-likeness (QED) is 0.847. The summed E-state index contributed by atoms with van der Waals surface area (Å²) in [7, 11) is 0. The molecule has 1 heterocycles. The molecule has 126 valence electrons. The van der Waals surface area contributed by atoms with Gasteiger partial charge in [-0.15, -0.1) is 0 Å². The maximum absolute atomic E-state index is 12.7. The van der Waals surface area contributed by atoms with Crippen LogP contribution in [0.1, 0.15) is 17.3 Å². The second-order valence-corrected chi connectivity index (χ2v) is 6.10. The molecule has 1 saturated heterocycles. The molecule has 0 atom stereocenters. The van der Waals surface area contributed by atoms with Gasteiger partial charge in [0.1, 0.15) is 5.75 Å². The molecule has 0 spiro atoms. The molecule has 1 aliphatic rings. The zero-order chi connectivity index (χ0) is 16.9. The second-order valence-electron chi connectivity index (χ2n) is 5.69. The monoisotopic (exact) mass is 344 g/mol. The van der Waals surface area contributed by atoms with Gasteiger partial charge in [-0.05, 0) is 37.3 Å². The van der Waals surface area contributed by atoms with Gasteiger partial charge in [0, 0.05) is 37.4 Å². The summed E-state index contributed by atoms with van der Waals surface area (Å²) in [6, 6.07) is 15.5. The average Bonchev–Trinajstić information content (AvgIpc) is 2.64. The van der Waals surface area contributed by atoms with Crippen LogP contribution in [0.5, 0.6) is 5.75 Å². The summed E-state index contributed by atoms with van der Waals surface area (Å²) in [5.41, 5.74) is 1.81. The highest BCUT2D eigenvalue weighted by Crippen LogP contribution is 2.26. The molecular weight excluding hydrogens is 324 g/mol. The van der Waals surface area contributed by atoms with E-state index in [9.17, 15) is 4.79 Å². The number of nitrogens with zero attached hydrogens (tertiary/aromatic N) is 2. The van der Waals surface area contributed by atoms with E-state index >= 15 is 0 Å². The van der Waals surface area contributed by atoms with E-state index in [1.165, 1.54) is 5.69 Å². The molecule has 0 N–H and O–H groups in total. The number of piperazine rings is 1. The maximum atomic E-state index is 12.7. The smallest absolute Gasteiger partial charge is 0.254 e. The largest absolute Gasteiger partial charge is 0.492 e. The SMILES string of the molecule is CCOc1ccc(C(=O)N2CCN(c3ccccc3)CC2)cc1Cl. The first-order valence-electron chi connectivity index (χ1n) is 8.20. The molecule has 0 aromatic heterocycles. The van der Waals surface area contributed by atoms with Crippen LogP contribution in [0.2, 0.25) is 5.02 Å². The number of hydrogen-bond acceptors (Lipinski definition) is 3. The molecule has 1 amide bonds. The fourth-order valence-electron chi connectivity index (χ4n) is 2.90. The lowest BCUT2D eigenvalue weighted by molar-refractivity contribution is 0.0747. The van der Waals surface area contributed by atoms with E-state index in [-0.39, 0.29) is 5.91 Å². The van der Waals surface area contributed by atoms with Gasteiger partial charge in [0.15, 0.2) is 0 Å². The van der Waals surface area contributed by atoms with E-state index in [1.807, 2.05) is 30.0 Å². The first-order chi connectivity index (χ1) is 11.7. The Hall–Kier alpha value is -2.20. The van der Waals surface area contributed by atoms with Gasteiger partial charge in [-0.2, -0.15) is 0 Å². The molecule has 24 heavy (non-hydrogen) atoms. The van der Waals surface area contributed by atoms with E-state index in [0.717, 1.165) is 13.1 Å². The lowest BCUT2D eigenvalue weighted by Gasteiger charge is -2.36. The third-order valence-electron chi connectivity index (χ3n) is 4.17. The van der Waals surface area contributed by atoms with Crippen molar-refractivity contribution < 1.29 is 9.53 Å². The highest BCUT2D eigenvalue weighted by Gasteiger charge is 2.22. The Morgan fingerprint density at radius 2 is 1.79 bits per heavy atom. The minimum atomic E-state index is 0.0210. The molecule has 0 aliphatic carbocycles. The number of para-hydroxylation sites is 1. The van der Waals surface area contributed by atoms with Crippen LogP contribution in [-0.4, -0.2) is 43.6 Å². The van der Waals surface area contributed by atoms with Crippen molar-refractivity contribution in [2.75, 3.05) is 37.7 Å². The zero-order valence-electron chi connectivity index (χ0n) is 13.7. The number of ether oxygens (including phenoxy) is 1. The van der Waals surface area contributed by atoms with E-state index in [1.54, 1.807) is 18.2 Å². The van der Waals surface area contributed by atoms with Crippen LogP contribution >= 0.6 is 11.6 Å². The van der Waals surface area contributed by atoms with Gasteiger partial charge in [0.05, 0.1) is 11.6 Å². The Morgan fingerprint density at radius 1 is 1.08 bits per heavy atom. The van der Waals surface area contributed by atoms with Crippen LogP contribution in [0.3, 0.4) is 0 Å². The second kappa shape index (κ2) is 7.58. The van der Waals surface area contributed by atoms with E-state index in [2.05, 4.69) is 17.0 Å². The van der Waals surface area contributed by atoms with E-state index in [4.69, 9.17) is 16.3 Å². The van der Waals surface area contributed by atoms with Gasteiger partial charge in [-0.25, -0.2) is 0 Å². The van der Waals surface area contributed by atoms with Gasteiger partial charge in [0.2, 0.25) is 0 Å². The van der Waals surface area contributed by atoms with Crippen LogP contribution in [0.15, 0.2) is 48.5 Å². The summed E-state index contributed by atoms with van der Waals surface area (Å²) in [4.78, 5) is 16.9. The minimum Gasteiger partial charge on any atom is -0.492 e. The summed E-state index contributed by atoms with van der Waals surface area (Å²) in [6.45, 7) is 5.54. The molecule has 0 saturated carbocycles. The lowest BCUT2D eigenvalue weighted by Crippen LogP contribution is -2.48. The Balaban J connectivity index is 1.64. The normalized spacial score (nSPS) is 14.6. The molecule has 1 aliphatic heterocycles. The van der Waals surface area contributed by atoms with Crippen molar-refractivity contribution >= 4 is 23.2 Å². The molecule has 4 nitrogen and oxygen atoms in total. The van der Waals surface area contributed by atoms with Gasteiger partial charge in [-0.3, -0.25) is 4.79 Å². The van der Waals surface area contributed by atoms with Crippen molar-refractivity contribution in [1.29, 1.82) is 0 Å². The Morgan fingerprint density at radius 3 is 2.42 bits per heavy atom. The zero-order valence-corrected chi connectivity index (χ0v) is 14.5. The van der Waals surface area contributed by atoms with Crippen LogP contribution < -0.4 is 9.64 Å². The third-order valence-corrected chi connectivity index (χ3v) is 4.46. The van der Waals surface area contributed by atoms with Crippen molar-refractivity contribution in [3.63, 3.8) is 0 Å². The first-order valence-corrected chi connectivity index (χ1v) is 8.58. The molecule has 3 rings (SSSR count). The van der Waals surface area contributed by atoms with Gasteiger partial charge >= 0.3 is 0 Å².